The average Bonchev–Trinajstić information content (AvgIpc) is 2.99. The number of carboxylic acids is 1. The number of anilines is 1. The first-order valence-corrected chi connectivity index (χ1v) is 6.99. The predicted molar refractivity (Wildman–Crippen MR) is 84.9 cm³/mol. The average molecular weight is 309 g/mol. The molecule has 0 saturated heterocycles. The van der Waals surface area contributed by atoms with Gasteiger partial charge in [0.05, 0.1) is 12.1 Å². The minimum absolute atomic E-state index is 0.247. The number of rotatable bonds is 4. The van der Waals surface area contributed by atoms with Gasteiger partial charge < -0.3 is 10.8 Å². The molecular formula is C16H15N5O2. The van der Waals surface area contributed by atoms with Gasteiger partial charge in [-0.3, -0.25) is 0 Å². The molecule has 3 rings (SSSR count). The fraction of sp³-hybridized carbons (Fsp3) is 0.125. The lowest BCUT2D eigenvalue weighted by atomic mass is 10.1. The molecule has 0 aliphatic rings. The zero-order valence-electron chi connectivity index (χ0n) is 12.5. The molecule has 0 radical (unpaired) electrons. The Labute approximate surface area is 132 Å². The lowest BCUT2D eigenvalue weighted by Crippen LogP contribution is -2.05. The largest absolute Gasteiger partial charge is 0.478 e. The van der Waals surface area contributed by atoms with Crippen molar-refractivity contribution in [1.82, 2.24) is 20.2 Å². The van der Waals surface area contributed by atoms with E-state index in [2.05, 4.69) is 15.5 Å². The number of nitrogens with two attached hydrogens (primary N) is 1. The zero-order chi connectivity index (χ0) is 16.4. The van der Waals surface area contributed by atoms with Gasteiger partial charge >= 0.3 is 5.97 Å². The van der Waals surface area contributed by atoms with Crippen LogP contribution in [0.5, 0.6) is 0 Å². The summed E-state index contributed by atoms with van der Waals surface area (Å²) in [6.07, 6.45) is 0. The quantitative estimate of drug-likeness (QED) is 0.714. The van der Waals surface area contributed by atoms with Gasteiger partial charge in [0.2, 0.25) is 0 Å². The highest BCUT2D eigenvalue weighted by Crippen LogP contribution is 2.22. The second-order valence-corrected chi connectivity index (χ2v) is 5.23. The number of aromatic carboxylic acids is 1. The van der Waals surface area contributed by atoms with Crippen molar-refractivity contribution in [2.75, 3.05) is 5.73 Å². The summed E-state index contributed by atoms with van der Waals surface area (Å²) in [4.78, 5) is 10.9. The van der Waals surface area contributed by atoms with Crippen molar-refractivity contribution >= 4 is 11.7 Å². The van der Waals surface area contributed by atoms with Gasteiger partial charge in [-0.1, -0.05) is 24.3 Å². The summed E-state index contributed by atoms with van der Waals surface area (Å²) < 4.78 is 1.65. The van der Waals surface area contributed by atoms with Gasteiger partial charge in [0.15, 0.2) is 5.82 Å². The van der Waals surface area contributed by atoms with E-state index in [-0.39, 0.29) is 5.56 Å². The summed E-state index contributed by atoms with van der Waals surface area (Å²) in [6, 6.07) is 12.3. The number of carbonyl (C=O) groups is 1. The molecule has 3 N–H and O–H groups in total. The summed E-state index contributed by atoms with van der Waals surface area (Å²) in [6.45, 7) is 2.38. The summed E-state index contributed by atoms with van der Waals surface area (Å²) in [5, 5.41) is 20.7. The molecule has 2 aromatic carbocycles. The van der Waals surface area contributed by atoms with Crippen LogP contribution in [0.3, 0.4) is 0 Å². The maximum Gasteiger partial charge on any atom is 0.335 e. The molecule has 0 spiro atoms. The number of hydrogen-bond acceptors (Lipinski definition) is 5. The van der Waals surface area contributed by atoms with E-state index < -0.39 is 5.97 Å². The monoisotopic (exact) mass is 309 g/mol. The Morgan fingerprint density at radius 1 is 1.22 bits per heavy atom. The standard InChI is InChI=1S/C16H15N5O2/c1-10-2-5-13(8-14(10)17)15-18-19-20-21(15)9-11-3-6-12(7-4-11)16(22)23/h2-8H,9,17H2,1H3,(H,22,23). The van der Waals surface area contributed by atoms with Crippen molar-refractivity contribution < 1.29 is 9.90 Å². The van der Waals surface area contributed by atoms with E-state index in [0.29, 0.717) is 18.1 Å². The molecule has 23 heavy (non-hydrogen) atoms. The summed E-state index contributed by atoms with van der Waals surface area (Å²) in [7, 11) is 0. The minimum Gasteiger partial charge on any atom is -0.478 e. The highest BCUT2D eigenvalue weighted by atomic mass is 16.4. The fourth-order valence-corrected chi connectivity index (χ4v) is 2.22. The third-order valence-corrected chi connectivity index (χ3v) is 3.60. The Morgan fingerprint density at radius 3 is 2.61 bits per heavy atom. The lowest BCUT2D eigenvalue weighted by molar-refractivity contribution is 0.0697. The highest BCUT2D eigenvalue weighted by Gasteiger charge is 2.11. The maximum absolute atomic E-state index is 10.9. The third kappa shape index (κ3) is 3.03. The smallest absolute Gasteiger partial charge is 0.335 e. The molecule has 0 aliphatic heterocycles. The zero-order valence-corrected chi connectivity index (χ0v) is 12.5. The number of hydrogen-bond donors (Lipinski definition) is 2. The van der Waals surface area contributed by atoms with E-state index in [1.54, 1.807) is 28.9 Å². The van der Waals surface area contributed by atoms with Gasteiger partial charge in [-0.25, -0.2) is 9.48 Å². The molecule has 1 heterocycles. The molecule has 0 unspecified atom stereocenters. The van der Waals surface area contributed by atoms with Gasteiger partial charge in [-0.15, -0.1) is 5.10 Å². The first-order valence-electron chi connectivity index (χ1n) is 6.99. The van der Waals surface area contributed by atoms with E-state index in [1.165, 1.54) is 0 Å². The molecule has 3 aromatic rings. The van der Waals surface area contributed by atoms with Crippen LogP contribution < -0.4 is 5.73 Å². The molecular weight excluding hydrogens is 294 g/mol. The van der Waals surface area contributed by atoms with Crippen molar-refractivity contribution in [2.24, 2.45) is 0 Å². The van der Waals surface area contributed by atoms with Gasteiger partial charge in [-0.05, 0) is 46.7 Å². The van der Waals surface area contributed by atoms with Crippen LogP contribution in [0.2, 0.25) is 0 Å². The van der Waals surface area contributed by atoms with Crippen LogP contribution in [0, 0.1) is 6.92 Å². The summed E-state index contributed by atoms with van der Waals surface area (Å²) in [5.74, 6) is -0.339. The number of benzene rings is 2. The van der Waals surface area contributed by atoms with Crippen molar-refractivity contribution in [2.45, 2.75) is 13.5 Å². The Bertz CT molecular complexity index is 855. The molecule has 0 saturated carbocycles. The summed E-state index contributed by atoms with van der Waals surface area (Å²) in [5.41, 5.74) is 9.61. The van der Waals surface area contributed by atoms with Crippen LogP contribution in [0.15, 0.2) is 42.5 Å². The molecule has 0 aliphatic carbocycles. The molecule has 7 heteroatoms. The topological polar surface area (TPSA) is 107 Å². The van der Waals surface area contributed by atoms with Crippen molar-refractivity contribution in [3.8, 4) is 11.4 Å². The molecule has 0 atom stereocenters. The number of nitrogen functional groups attached to an aromatic ring is 1. The molecule has 7 nitrogen and oxygen atoms in total. The number of nitrogens with zero attached hydrogens (tertiary/aromatic N) is 4. The van der Waals surface area contributed by atoms with Crippen LogP contribution in [0.25, 0.3) is 11.4 Å². The highest BCUT2D eigenvalue weighted by molar-refractivity contribution is 5.87. The summed E-state index contributed by atoms with van der Waals surface area (Å²) >= 11 is 0. The van der Waals surface area contributed by atoms with E-state index >= 15 is 0 Å². The van der Waals surface area contributed by atoms with Crippen LogP contribution in [0.1, 0.15) is 21.5 Å². The molecule has 0 bridgehead atoms. The molecule has 1 aromatic heterocycles. The Hall–Kier alpha value is -3.22. The molecule has 0 fully saturated rings. The van der Waals surface area contributed by atoms with Gasteiger partial charge in [-0.2, -0.15) is 0 Å². The van der Waals surface area contributed by atoms with E-state index in [9.17, 15) is 4.79 Å². The Kier molecular flexibility index (Phi) is 3.76. The number of tetrazole rings is 1. The van der Waals surface area contributed by atoms with Crippen LogP contribution in [-0.4, -0.2) is 31.3 Å². The van der Waals surface area contributed by atoms with Crippen molar-refractivity contribution in [1.29, 1.82) is 0 Å². The van der Waals surface area contributed by atoms with Gasteiger partial charge in [0.1, 0.15) is 0 Å². The van der Waals surface area contributed by atoms with E-state index in [0.717, 1.165) is 16.7 Å². The Morgan fingerprint density at radius 2 is 1.96 bits per heavy atom. The minimum atomic E-state index is -0.949. The number of aromatic nitrogens is 4. The first kappa shape index (κ1) is 14.7. The van der Waals surface area contributed by atoms with E-state index in [1.807, 2.05) is 25.1 Å². The van der Waals surface area contributed by atoms with Crippen LogP contribution in [-0.2, 0) is 6.54 Å². The maximum atomic E-state index is 10.9. The number of carboxylic acid groups (broad SMARTS) is 1. The van der Waals surface area contributed by atoms with Gasteiger partial charge in [0.25, 0.3) is 0 Å². The second kappa shape index (κ2) is 5.88. The second-order valence-electron chi connectivity index (χ2n) is 5.23. The van der Waals surface area contributed by atoms with Crippen molar-refractivity contribution in [3.63, 3.8) is 0 Å². The number of aryl methyl sites for hydroxylation is 1. The van der Waals surface area contributed by atoms with Crippen LogP contribution >= 0.6 is 0 Å². The van der Waals surface area contributed by atoms with Crippen molar-refractivity contribution in [3.05, 3.63) is 59.2 Å². The normalized spacial score (nSPS) is 10.7. The first-order chi connectivity index (χ1) is 11.0. The molecule has 116 valence electrons. The molecule has 0 amide bonds. The SMILES string of the molecule is Cc1ccc(-c2nnnn2Cc2ccc(C(=O)O)cc2)cc1N. The van der Waals surface area contributed by atoms with E-state index in [4.69, 9.17) is 10.8 Å². The lowest BCUT2D eigenvalue weighted by Gasteiger charge is -2.07. The fourth-order valence-electron chi connectivity index (χ4n) is 2.22. The predicted octanol–water partition coefficient (Wildman–Crippen LogP) is 1.98. The Balaban J connectivity index is 1.88. The third-order valence-electron chi connectivity index (χ3n) is 3.60. The van der Waals surface area contributed by atoms with Crippen LogP contribution in [0.4, 0.5) is 5.69 Å². The van der Waals surface area contributed by atoms with Gasteiger partial charge in [0, 0.05) is 11.3 Å².